The summed E-state index contributed by atoms with van der Waals surface area (Å²) in [5, 5.41) is 7.30. The number of rotatable bonds is 9. The Kier molecular flexibility index (Phi) is 9.52. The van der Waals surface area contributed by atoms with Crippen LogP contribution in [0.15, 0.2) is 50.4 Å². The van der Waals surface area contributed by atoms with Gasteiger partial charge in [0, 0.05) is 11.5 Å². The fraction of sp³-hybridized carbons (Fsp3) is 0.263. The first-order valence-electron chi connectivity index (χ1n) is 8.51. The molecule has 0 saturated heterocycles. The van der Waals surface area contributed by atoms with Crippen molar-refractivity contribution in [3.63, 3.8) is 0 Å². The molecule has 0 heterocycles. The maximum Gasteiger partial charge on any atom is 0.186 e. The molecular weight excluding hydrogens is 510 g/mol. The minimum Gasteiger partial charge on any atom is -0.490 e. The van der Waals surface area contributed by atoms with Crippen LogP contribution in [0.4, 0.5) is 0 Å². The molecule has 0 unspecified atom stereocenters. The van der Waals surface area contributed by atoms with Gasteiger partial charge < -0.3 is 19.5 Å². The van der Waals surface area contributed by atoms with Crippen molar-refractivity contribution in [1.82, 2.24) is 10.7 Å². The van der Waals surface area contributed by atoms with E-state index in [9.17, 15) is 0 Å². The van der Waals surface area contributed by atoms with Gasteiger partial charge in [0.2, 0.25) is 0 Å². The Bertz CT molecular complexity index is 817. The first-order chi connectivity index (χ1) is 13.5. The number of hydrogen-bond donors (Lipinski definition) is 2. The maximum atomic E-state index is 5.88. The molecule has 0 radical (unpaired) electrons. The highest BCUT2D eigenvalue weighted by molar-refractivity contribution is 9.10. The number of benzene rings is 2. The van der Waals surface area contributed by atoms with Gasteiger partial charge in [-0.15, -0.1) is 0 Å². The zero-order valence-corrected chi connectivity index (χ0v) is 19.5. The fourth-order valence-corrected chi connectivity index (χ4v) is 3.01. The second-order valence-corrected chi connectivity index (χ2v) is 7.54. The van der Waals surface area contributed by atoms with Crippen molar-refractivity contribution in [2.75, 3.05) is 26.9 Å². The van der Waals surface area contributed by atoms with Crippen LogP contribution in [0.2, 0.25) is 0 Å². The summed E-state index contributed by atoms with van der Waals surface area (Å²) in [6, 6.07) is 11.4. The Morgan fingerprint density at radius 3 is 2.50 bits per heavy atom. The molecule has 0 aliphatic carbocycles. The SMILES string of the molecule is CCOc1cc(/C=N\NC(=S)NC)cc(Br)c1OCCOc1ccc(Br)cc1. The summed E-state index contributed by atoms with van der Waals surface area (Å²) in [4.78, 5) is 0. The van der Waals surface area contributed by atoms with Crippen LogP contribution in [-0.2, 0) is 0 Å². The predicted octanol–water partition coefficient (Wildman–Crippen LogP) is 4.50. The zero-order chi connectivity index (χ0) is 20.4. The molecule has 150 valence electrons. The first-order valence-corrected chi connectivity index (χ1v) is 10.5. The van der Waals surface area contributed by atoms with Gasteiger partial charge in [0.05, 0.1) is 17.3 Å². The lowest BCUT2D eigenvalue weighted by Gasteiger charge is -2.15. The first kappa shape index (κ1) is 22.4. The molecule has 9 heteroatoms. The third kappa shape index (κ3) is 7.29. The minimum absolute atomic E-state index is 0.375. The molecule has 28 heavy (non-hydrogen) atoms. The molecule has 2 rings (SSSR count). The minimum atomic E-state index is 0.375. The number of hydrogen-bond acceptors (Lipinski definition) is 5. The topological polar surface area (TPSA) is 64.1 Å². The maximum absolute atomic E-state index is 5.88. The number of thiocarbonyl (C=S) groups is 1. The van der Waals surface area contributed by atoms with Crippen molar-refractivity contribution in [3.8, 4) is 17.2 Å². The van der Waals surface area contributed by atoms with E-state index in [0.717, 1.165) is 20.3 Å². The molecule has 6 nitrogen and oxygen atoms in total. The molecule has 0 aromatic heterocycles. The monoisotopic (exact) mass is 529 g/mol. The highest BCUT2D eigenvalue weighted by Crippen LogP contribution is 2.36. The van der Waals surface area contributed by atoms with Crippen molar-refractivity contribution in [2.45, 2.75) is 6.92 Å². The van der Waals surface area contributed by atoms with Crippen molar-refractivity contribution < 1.29 is 14.2 Å². The Morgan fingerprint density at radius 2 is 1.82 bits per heavy atom. The van der Waals surface area contributed by atoms with Crippen LogP contribution in [0.25, 0.3) is 0 Å². The third-order valence-corrected chi connectivity index (χ3v) is 4.76. The lowest BCUT2D eigenvalue weighted by molar-refractivity contribution is 0.207. The molecular formula is C19H21Br2N3O3S. The number of halogens is 2. The Hall–Kier alpha value is -1.84. The molecule has 2 aromatic rings. The molecule has 2 N–H and O–H groups in total. The molecule has 2 aromatic carbocycles. The molecule has 0 fully saturated rings. The Labute approximate surface area is 186 Å². The van der Waals surface area contributed by atoms with Crippen LogP contribution in [0, 0.1) is 0 Å². The number of ether oxygens (including phenoxy) is 3. The van der Waals surface area contributed by atoms with Crippen LogP contribution < -0.4 is 25.0 Å². The van der Waals surface area contributed by atoms with Gasteiger partial charge in [-0.1, -0.05) is 15.9 Å². The van der Waals surface area contributed by atoms with E-state index in [-0.39, 0.29) is 0 Å². The van der Waals surface area contributed by atoms with E-state index in [1.807, 2.05) is 43.3 Å². The second-order valence-electron chi connectivity index (χ2n) is 5.36. The van der Waals surface area contributed by atoms with Crippen LogP contribution >= 0.6 is 44.1 Å². The lowest BCUT2D eigenvalue weighted by Crippen LogP contribution is -2.28. The smallest absolute Gasteiger partial charge is 0.186 e. The lowest BCUT2D eigenvalue weighted by atomic mass is 10.2. The molecule has 0 amide bonds. The fourth-order valence-electron chi connectivity index (χ4n) is 2.12. The molecule has 0 spiro atoms. The van der Waals surface area contributed by atoms with Crippen LogP contribution in [-0.4, -0.2) is 38.2 Å². The summed E-state index contributed by atoms with van der Waals surface area (Å²) in [5.41, 5.74) is 3.54. The number of nitrogens with one attached hydrogen (secondary N) is 2. The third-order valence-electron chi connectivity index (χ3n) is 3.35. The zero-order valence-electron chi connectivity index (χ0n) is 15.5. The van der Waals surface area contributed by atoms with Crippen molar-refractivity contribution in [2.24, 2.45) is 5.10 Å². The average Bonchev–Trinajstić information content (AvgIpc) is 2.68. The van der Waals surface area contributed by atoms with Crippen LogP contribution in [0.1, 0.15) is 12.5 Å². The van der Waals surface area contributed by atoms with Gasteiger partial charge in [-0.3, -0.25) is 5.43 Å². The normalized spacial score (nSPS) is 10.6. The molecule has 0 saturated carbocycles. The second kappa shape index (κ2) is 11.9. The highest BCUT2D eigenvalue weighted by atomic mass is 79.9. The summed E-state index contributed by atoms with van der Waals surface area (Å²) in [5.74, 6) is 2.03. The summed E-state index contributed by atoms with van der Waals surface area (Å²) in [6.45, 7) is 3.22. The van der Waals surface area contributed by atoms with Gasteiger partial charge in [-0.25, -0.2) is 0 Å². The number of hydrazone groups is 1. The predicted molar refractivity (Wildman–Crippen MR) is 123 cm³/mol. The van der Waals surface area contributed by atoms with E-state index in [1.54, 1.807) is 13.3 Å². The summed E-state index contributed by atoms with van der Waals surface area (Å²) >= 11 is 11.9. The van der Waals surface area contributed by atoms with Crippen molar-refractivity contribution >= 4 is 55.4 Å². The van der Waals surface area contributed by atoms with Crippen LogP contribution in [0.3, 0.4) is 0 Å². The van der Waals surface area contributed by atoms with Crippen molar-refractivity contribution in [3.05, 3.63) is 50.9 Å². The van der Waals surface area contributed by atoms with E-state index in [0.29, 0.717) is 36.4 Å². The molecule has 0 bridgehead atoms. The van der Waals surface area contributed by atoms with Gasteiger partial charge in [0.15, 0.2) is 16.6 Å². The standard InChI is InChI=1S/C19H21Br2N3O3S/c1-3-25-17-11-13(12-23-24-19(28)22-2)10-16(21)18(17)27-9-8-26-15-6-4-14(20)5-7-15/h4-7,10-12H,3,8-9H2,1-2H3,(H2,22,24,28)/b23-12-. The van der Waals surface area contributed by atoms with Gasteiger partial charge in [0.1, 0.15) is 19.0 Å². The summed E-state index contributed by atoms with van der Waals surface area (Å²) < 4.78 is 19.1. The van der Waals surface area contributed by atoms with Gasteiger partial charge in [0.25, 0.3) is 0 Å². The molecule has 0 atom stereocenters. The van der Waals surface area contributed by atoms with E-state index in [2.05, 4.69) is 47.7 Å². The van der Waals surface area contributed by atoms with Gasteiger partial charge in [-0.05, 0) is 77.0 Å². The van der Waals surface area contributed by atoms with E-state index < -0.39 is 0 Å². The largest absolute Gasteiger partial charge is 0.490 e. The van der Waals surface area contributed by atoms with Crippen molar-refractivity contribution in [1.29, 1.82) is 0 Å². The summed E-state index contributed by atoms with van der Waals surface area (Å²) in [6.07, 6.45) is 1.65. The van der Waals surface area contributed by atoms with Gasteiger partial charge >= 0.3 is 0 Å². The highest BCUT2D eigenvalue weighted by Gasteiger charge is 2.12. The molecule has 0 aliphatic heterocycles. The molecule has 0 aliphatic rings. The summed E-state index contributed by atoms with van der Waals surface area (Å²) in [7, 11) is 1.72. The van der Waals surface area contributed by atoms with Crippen LogP contribution in [0.5, 0.6) is 17.2 Å². The Morgan fingerprint density at radius 1 is 1.11 bits per heavy atom. The number of nitrogens with zero attached hydrogens (tertiary/aromatic N) is 1. The van der Waals surface area contributed by atoms with Gasteiger partial charge in [-0.2, -0.15) is 5.10 Å². The van der Waals surface area contributed by atoms with E-state index >= 15 is 0 Å². The quantitative estimate of drug-likeness (QED) is 0.215. The Balaban J connectivity index is 1.99. The van der Waals surface area contributed by atoms with E-state index in [1.165, 1.54) is 0 Å². The average molecular weight is 531 g/mol. The van der Waals surface area contributed by atoms with E-state index in [4.69, 9.17) is 26.4 Å².